The molecule has 0 bridgehead atoms. The molecule has 1 aliphatic rings. The number of hydrogen-bond donors (Lipinski definition) is 2. The molecule has 3 heteroatoms. The van der Waals surface area contributed by atoms with Crippen molar-refractivity contribution in [2.24, 2.45) is 5.41 Å². The Labute approximate surface area is 87.1 Å². The van der Waals surface area contributed by atoms with Gasteiger partial charge in [-0.3, -0.25) is 4.79 Å². The molecule has 1 unspecified atom stereocenters. The largest absolute Gasteiger partial charge is 0.483 e. The average Bonchev–Trinajstić information content (AvgIpc) is 2.58. The second-order valence-corrected chi connectivity index (χ2v) is 3.64. The van der Waals surface area contributed by atoms with Crippen LogP contribution in [0.3, 0.4) is 0 Å². The molecule has 1 rings (SSSR count). The highest BCUT2D eigenvalue weighted by molar-refractivity contribution is 5.32. The molecular formula is C11H24O3. The van der Waals surface area contributed by atoms with Crippen LogP contribution in [0.4, 0.5) is 0 Å². The first-order valence-corrected chi connectivity index (χ1v) is 5.33. The smallest absolute Gasteiger partial charge is 0.290 e. The summed E-state index contributed by atoms with van der Waals surface area (Å²) >= 11 is 0. The Morgan fingerprint density at radius 1 is 1.29 bits per heavy atom. The topological polar surface area (TPSA) is 57.5 Å². The van der Waals surface area contributed by atoms with E-state index in [2.05, 4.69) is 6.92 Å². The Morgan fingerprint density at radius 3 is 1.71 bits per heavy atom. The monoisotopic (exact) mass is 204 g/mol. The van der Waals surface area contributed by atoms with Crippen LogP contribution in [0.1, 0.15) is 53.4 Å². The lowest BCUT2D eigenvalue weighted by molar-refractivity contribution is -0.122. The lowest BCUT2D eigenvalue weighted by Crippen LogP contribution is -2.25. The van der Waals surface area contributed by atoms with Crippen molar-refractivity contribution in [3.63, 3.8) is 0 Å². The van der Waals surface area contributed by atoms with Crippen LogP contribution in [0.5, 0.6) is 0 Å². The molecule has 0 spiro atoms. The molecule has 0 aromatic carbocycles. The second-order valence-electron chi connectivity index (χ2n) is 3.64. The number of aliphatic hydroxyl groups is 1. The van der Waals surface area contributed by atoms with Crippen LogP contribution in [-0.2, 0) is 4.79 Å². The molecule has 1 saturated carbocycles. The highest BCUT2D eigenvalue weighted by Gasteiger charge is 2.32. The molecular weight excluding hydrogens is 180 g/mol. The molecule has 1 atom stereocenters. The van der Waals surface area contributed by atoms with E-state index >= 15 is 0 Å². The summed E-state index contributed by atoms with van der Waals surface area (Å²) in [4.78, 5) is 8.36. The van der Waals surface area contributed by atoms with Gasteiger partial charge in [-0.1, -0.05) is 33.6 Å². The van der Waals surface area contributed by atoms with Crippen molar-refractivity contribution >= 4 is 6.47 Å². The van der Waals surface area contributed by atoms with E-state index in [1.54, 1.807) is 0 Å². The van der Waals surface area contributed by atoms with Crippen LogP contribution in [0.2, 0.25) is 0 Å². The van der Waals surface area contributed by atoms with Gasteiger partial charge in [-0.05, 0) is 25.2 Å². The maximum absolute atomic E-state index is 9.31. The number of rotatable bonds is 1. The summed E-state index contributed by atoms with van der Waals surface area (Å²) in [6, 6.07) is 0. The predicted octanol–water partition coefficient (Wildman–Crippen LogP) is 2.67. The molecule has 0 amide bonds. The lowest BCUT2D eigenvalue weighted by atomic mass is 9.84. The van der Waals surface area contributed by atoms with Gasteiger partial charge in [0.05, 0.1) is 6.10 Å². The molecule has 14 heavy (non-hydrogen) atoms. The van der Waals surface area contributed by atoms with E-state index in [1.807, 2.05) is 20.8 Å². The third kappa shape index (κ3) is 5.97. The van der Waals surface area contributed by atoms with E-state index < -0.39 is 0 Å². The lowest BCUT2D eigenvalue weighted by Gasteiger charge is -2.26. The number of carbonyl (C=O) groups is 1. The summed E-state index contributed by atoms with van der Waals surface area (Å²) in [7, 11) is 0. The fourth-order valence-electron chi connectivity index (χ4n) is 1.60. The number of aliphatic hydroxyl groups excluding tert-OH is 1. The second kappa shape index (κ2) is 9.00. The Balaban J connectivity index is 0. The van der Waals surface area contributed by atoms with Gasteiger partial charge in [0.15, 0.2) is 0 Å². The molecule has 3 nitrogen and oxygen atoms in total. The first-order valence-electron chi connectivity index (χ1n) is 5.33. The third-order valence-corrected chi connectivity index (χ3v) is 2.75. The van der Waals surface area contributed by atoms with Crippen molar-refractivity contribution in [2.45, 2.75) is 59.5 Å². The van der Waals surface area contributed by atoms with Gasteiger partial charge in [-0.25, -0.2) is 0 Å². The Morgan fingerprint density at radius 2 is 1.57 bits per heavy atom. The molecule has 86 valence electrons. The Bertz CT molecular complexity index is 126. The van der Waals surface area contributed by atoms with E-state index in [0.29, 0.717) is 0 Å². The van der Waals surface area contributed by atoms with E-state index in [1.165, 1.54) is 25.7 Å². The van der Waals surface area contributed by atoms with Crippen molar-refractivity contribution < 1.29 is 15.0 Å². The Kier molecular flexibility index (Phi) is 10.2. The maximum Gasteiger partial charge on any atom is 0.290 e. The first kappa shape index (κ1) is 15.9. The highest BCUT2D eigenvalue weighted by atomic mass is 16.3. The molecule has 0 saturated heterocycles. The van der Waals surface area contributed by atoms with Crippen molar-refractivity contribution in [3.05, 3.63) is 0 Å². The number of carboxylic acid groups (broad SMARTS) is 1. The van der Waals surface area contributed by atoms with Crippen LogP contribution in [0, 0.1) is 5.41 Å². The molecule has 0 heterocycles. The quantitative estimate of drug-likeness (QED) is 0.646. The summed E-state index contributed by atoms with van der Waals surface area (Å²) in [6.07, 6.45) is 4.93. The van der Waals surface area contributed by atoms with Crippen molar-refractivity contribution in [1.82, 2.24) is 0 Å². The minimum absolute atomic E-state index is 0.111. The summed E-state index contributed by atoms with van der Waals surface area (Å²) in [6.45, 7) is 7.84. The van der Waals surface area contributed by atoms with Gasteiger partial charge >= 0.3 is 0 Å². The van der Waals surface area contributed by atoms with Gasteiger partial charge < -0.3 is 10.2 Å². The minimum atomic E-state index is -0.250. The summed E-state index contributed by atoms with van der Waals surface area (Å²) in [5.74, 6) is 0. The molecule has 1 fully saturated rings. The van der Waals surface area contributed by atoms with E-state index in [4.69, 9.17) is 9.90 Å². The maximum atomic E-state index is 9.31. The predicted molar refractivity (Wildman–Crippen MR) is 58.3 cm³/mol. The van der Waals surface area contributed by atoms with Crippen molar-refractivity contribution in [2.75, 3.05) is 0 Å². The Hall–Kier alpha value is -0.570. The van der Waals surface area contributed by atoms with Gasteiger partial charge in [-0.2, -0.15) is 0 Å². The van der Waals surface area contributed by atoms with Crippen LogP contribution in [0.25, 0.3) is 0 Å². The standard InChI is InChI=1S/C8H16O.C2H6.CH2O2/c1-7(9)8(2)5-3-4-6-8;1-2;2-1-3/h7,9H,3-6H2,1-2H3;1-2H3;1H,(H,2,3). The van der Waals surface area contributed by atoms with Crippen molar-refractivity contribution in [3.8, 4) is 0 Å². The fourth-order valence-corrected chi connectivity index (χ4v) is 1.60. The van der Waals surface area contributed by atoms with Crippen LogP contribution < -0.4 is 0 Å². The van der Waals surface area contributed by atoms with Crippen LogP contribution in [-0.4, -0.2) is 22.8 Å². The zero-order valence-corrected chi connectivity index (χ0v) is 9.79. The highest BCUT2D eigenvalue weighted by Crippen LogP contribution is 2.40. The SMILES string of the molecule is CC.CC(O)C1(C)CCCC1.O=CO. The normalized spacial score (nSPS) is 19.5. The van der Waals surface area contributed by atoms with E-state index in [0.717, 1.165) is 0 Å². The number of hydrogen-bond acceptors (Lipinski definition) is 2. The van der Waals surface area contributed by atoms with E-state index in [9.17, 15) is 5.11 Å². The van der Waals surface area contributed by atoms with Gasteiger partial charge in [0.2, 0.25) is 0 Å². The summed E-state index contributed by atoms with van der Waals surface area (Å²) in [5.41, 5.74) is 0.250. The zero-order chi connectivity index (χ0) is 11.6. The molecule has 0 aromatic rings. The first-order chi connectivity index (χ1) is 6.56. The van der Waals surface area contributed by atoms with Crippen molar-refractivity contribution in [1.29, 1.82) is 0 Å². The van der Waals surface area contributed by atoms with E-state index in [-0.39, 0.29) is 18.0 Å². The van der Waals surface area contributed by atoms with Gasteiger partial charge in [0, 0.05) is 0 Å². The molecule has 0 radical (unpaired) electrons. The van der Waals surface area contributed by atoms with Gasteiger partial charge in [0.25, 0.3) is 6.47 Å². The zero-order valence-electron chi connectivity index (χ0n) is 9.79. The summed E-state index contributed by atoms with van der Waals surface area (Å²) < 4.78 is 0. The fraction of sp³-hybridized carbons (Fsp3) is 0.909. The van der Waals surface area contributed by atoms with Crippen LogP contribution in [0.15, 0.2) is 0 Å². The molecule has 2 N–H and O–H groups in total. The molecule has 0 aromatic heterocycles. The third-order valence-electron chi connectivity index (χ3n) is 2.75. The molecule has 1 aliphatic carbocycles. The van der Waals surface area contributed by atoms with Gasteiger partial charge in [-0.15, -0.1) is 0 Å². The summed E-state index contributed by atoms with van der Waals surface area (Å²) in [5, 5.41) is 16.2. The van der Waals surface area contributed by atoms with Gasteiger partial charge in [0.1, 0.15) is 0 Å². The van der Waals surface area contributed by atoms with Crippen LogP contribution >= 0.6 is 0 Å². The average molecular weight is 204 g/mol. The molecule has 0 aliphatic heterocycles. The minimum Gasteiger partial charge on any atom is -0.483 e.